The number of allylic oxidation sites excluding steroid dienone is 1. The zero-order chi connectivity index (χ0) is 13.4. The van der Waals surface area contributed by atoms with Crippen molar-refractivity contribution in [2.75, 3.05) is 7.05 Å². The lowest BCUT2D eigenvalue weighted by Crippen LogP contribution is -2.16. The van der Waals surface area contributed by atoms with E-state index in [1.54, 1.807) is 0 Å². The number of unbranched alkanes of at least 4 members (excludes halogenated alkanes) is 3. The van der Waals surface area contributed by atoms with E-state index in [2.05, 4.69) is 62.0 Å². The van der Waals surface area contributed by atoms with Gasteiger partial charge in [0.05, 0.1) is 0 Å². The fourth-order valence-corrected chi connectivity index (χ4v) is 3.38. The molecule has 1 N–H and O–H groups in total. The molecule has 0 aliphatic carbocycles. The van der Waals surface area contributed by atoms with Crippen LogP contribution in [-0.4, -0.2) is 7.05 Å². The van der Waals surface area contributed by atoms with Crippen molar-refractivity contribution in [2.45, 2.75) is 38.1 Å². The second kappa shape index (κ2) is 8.89. The molecule has 18 heavy (non-hydrogen) atoms. The Labute approximate surface area is 127 Å². The first-order chi connectivity index (χ1) is 8.69. The molecule has 1 nitrogen and oxygen atoms in total. The molecule has 1 aromatic rings. The van der Waals surface area contributed by atoms with Crippen molar-refractivity contribution in [2.24, 2.45) is 0 Å². The van der Waals surface area contributed by atoms with Crippen LogP contribution in [0.15, 0.2) is 39.8 Å². The van der Waals surface area contributed by atoms with Crippen LogP contribution in [0.25, 0.3) is 0 Å². The molecule has 1 atom stereocenters. The summed E-state index contributed by atoms with van der Waals surface area (Å²) in [4.78, 5) is 0. The normalized spacial score (nSPS) is 12.4. The SMILES string of the molecule is C=CCCCCCC(NC)c1ccc(Br)cc1Br. The molecule has 0 fully saturated rings. The first-order valence-corrected chi connectivity index (χ1v) is 8.00. The van der Waals surface area contributed by atoms with Crippen LogP contribution >= 0.6 is 31.9 Å². The van der Waals surface area contributed by atoms with E-state index in [0.717, 1.165) is 10.9 Å². The quantitative estimate of drug-likeness (QED) is 0.460. The van der Waals surface area contributed by atoms with Crippen molar-refractivity contribution in [3.05, 3.63) is 45.4 Å². The topological polar surface area (TPSA) is 12.0 Å². The van der Waals surface area contributed by atoms with Crippen LogP contribution in [0, 0.1) is 0 Å². The van der Waals surface area contributed by atoms with Crippen molar-refractivity contribution < 1.29 is 0 Å². The third kappa shape index (κ3) is 5.25. The van der Waals surface area contributed by atoms with Gasteiger partial charge in [0.25, 0.3) is 0 Å². The molecule has 0 saturated carbocycles. The Kier molecular flexibility index (Phi) is 7.87. The number of benzene rings is 1. The average Bonchev–Trinajstić information content (AvgIpc) is 2.35. The molecule has 1 aromatic carbocycles. The van der Waals surface area contributed by atoms with Gasteiger partial charge in [-0.3, -0.25) is 0 Å². The maximum Gasteiger partial charge on any atom is 0.0328 e. The van der Waals surface area contributed by atoms with Gasteiger partial charge in [-0.25, -0.2) is 0 Å². The van der Waals surface area contributed by atoms with E-state index in [9.17, 15) is 0 Å². The zero-order valence-electron chi connectivity index (χ0n) is 10.9. The highest BCUT2D eigenvalue weighted by Gasteiger charge is 2.12. The van der Waals surface area contributed by atoms with E-state index in [0.29, 0.717) is 6.04 Å². The molecular weight excluding hydrogens is 354 g/mol. The van der Waals surface area contributed by atoms with Crippen LogP contribution in [0.1, 0.15) is 43.7 Å². The largest absolute Gasteiger partial charge is 0.313 e. The first kappa shape index (κ1) is 15.9. The Hall–Kier alpha value is -0.120. The summed E-state index contributed by atoms with van der Waals surface area (Å²) >= 11 is 7.13. The molecule has 0 radical (unpaired) electrons. The van der Waals surface area contributed by atoms with Gasteiger partial charge in [0.1, 0.15) is 0 Å². The zero-order valence-corrected chi connectivity index (χ0v) is 14.1. The number of nitrogens with one attached hydrogen (secondary N) is 1. The fraction of sp³-hybridized carbons (Fsp3) is 0.467. The maximum absolute atomic E-state index is 3.75. The van der Waals surface area contributed by atoms with E-state index < -0.39 is 0 Å². The second-order valence-electron chi connectivity index (χ2n) is 4.43. The van der Waals surface area contributed by atoms with Gasteiger partial charge in [-0.15, -0.1) is 6.58 Å². The molecule has 0 bridgehead atoms. The van der Waals surface area contributed by atoms with Gasteiger partial charge in [0.15, 0.2) is 0 Å². The summed E-state index contributed by atoms with van der Waals surface area (Å²) in [6, 6.07) is 6.81. The molecule has 100 valence electrons. The van der Waals surface area contributed by atoms with Crippen molar-refractivity contribution in [3.63, 3.8) is 0 Å². The molecule has 0 aliphatic rings. The summed E-state index contributed by atoms with van der Waals surface area (Å²) in [6.45, 7) is 3.75. The summed E-state index contributed by atoms with van der Waals surface area (Å²) in [5.41, 5.74) is 1.34. The molecule has 0 saturated heterocycles. The molecule has 0 aliphatic heterocycles. The first-order valence-electron chi connectivity index (χ1n) is 6.42. The number of rotatable bonds is 8. The van der Waals surface area contributed by atoms with Gasteiger partial charge in [-0.1, -0.05) is 56.8 Å². The molecule has 1 rings (SSSR count). The summed E-state index contributed by atoms with van der Waals surface area (Å²) in [5.74, 6) is 0. The Morgan fingerprint density at radius 1 is 1.28 bits per heavy atom. The van der Waals surface area contributed by atoms with Gasteiger partial charge < -0.3 is 5.32 Å². The number of halogens is 2. The standard InChI is InChI=1S/C15H21Br2N/c1-3-4-5-6-7-8-15(18-2)13-10-9-12(16)11-14(13)17/h3,9-11,15,18H,1,4-8H2,2H3. The smallest absolute Gasteiger partial charge is 0.0328 e. The highest BCUT2D eigenvalue weighted by molar-refractivity contribution is 9.11. The minimum Gasteiger partial charge on any atom is -0.313 e. The van der Waals surface area contributed by atoms with E-state index in [1.807, 2.05) is 13.1 Å². The maximum atomic E-state index is 3.75. The van der Waals surface area contributed by atoms with E-state index in [-0.39, 0.29) is 0 Å². The summed E-state index contributed by atoms with van der Waals surface area (Å²) < 4.78 is 2.28. The lowest BCUT2D eigenvalue weighted by molar-refractivity contribution is 0.506. The van der Waals surface area contributed by atoms with Crippen molar-refractivity contribution in [1.82, 2.24) is 5.32 Å². The molecule has 0 amide bonds. The molecule has 1 unspecified atom stereocenters. The van der Waals surface area contributed by atoms with Crippen molar-refractivity contribution >= 4 is 31.9 Å². The Morgan fingerprint density at radius 2 is 2.06 bits per heavy atom. The van der Waals surface area contributed by atoms with Gasteiger partial charge in [0, 0.05) is 15.0 Å². The summed E-state index contributed by atoms with van der Waals surface area (Å²) in [6.07, 6.45) is 8.09. The third-order valence-corrected chi connectivity index (χ3v) is 4.27. The molecule has 0 aromatic heterocycles. The Bertz CT molecular complexity index is 377. The third-order valence-electron chi connectivity index (χ3n) is 3.09. The van der Waals surface area contributed by atoms with Crippen molar-refractivity contribution in [3.8, 4) is 0 Å². The molecular formula is C15H21Br2N. The van der Waals surface area contributed by atoms with Crippen LogP contribution in [0.2, 0.25) is 0 Å². The summed E-state index contributed by atoms with van der Waals surface area (Å²) in [7, 11) is 2.03. The van der Waals surface area contributed by atoms with Crippen LogP contribution < -0.4 is 5.32 Å². The highest BCUT2D eigenvalue weighted by Crippen LogP contribution is 2.29. The lowest BCUT2D eigenvalue weighted by atomic mass is 10.0. The second-order valence-corrected chi connectivity index (χ2v) is 6.20. The number of hydrogen-bond donors (Lipinski definition) is 1. The van der Waals surface area contributed by atoms with Gasteiger partial charge in [0.2, 0.25) is 0 Å². The molecule has 3 heteroatoms. The van der Waals surface area contributed by atoms with Gasteiger partial charge >= 0.3 is 0 Å². The van der Waals surface area contributed by atoms with Crippen LogP contribution in [0.4, 0.5) is 0 Å². The van der Waals surface area contributed by atoms with Crippen molar-refractivity contribution in [1.29, 1.82) is 0 Å². The average molecular weight is 375 g/mol. The Balaban J connectivity index is 2.52. The molecule has 0 heterocycles. The Morgan fingerprint density at radius 3 is 2.67 bits per heavy atom. The van der Waals surface area contributed by atoms with Crippen LogP contribution in [0.5, 0.6) is 0 Å². The van der Waals surface area contributed by atoms with Crippen LogP contribution in [-0.2, 0) is 0 Å². The highest BCUT2D eigenvalue weighted by atomic mass is 79.9. The molecule has 0 spiro atoms. The predicted molar refractivity (Wildman–Crippen MR) is 86.9 cm³/mol. The summed E-state index contributed by atoms with van der Waals surface area (Å²) in [5, 5.41) is 3.40. The lowest BCUT2D eigenvalue weighted by Gasteiger charge is -2.18. The van der Waals surface area contributed by atoms with Crippen LogP contribution in [0.3, 0.4) is 0 Å². The predicted octanol–water partition coefficient (Wildman–Crippen LogP) is 5.61. The monoisotopic (exact) mass is 373 g/mol. The minimum atomic E-state index is 0.427. The van der Waals surface area contributed by atoms with E-state index in [4.69, 9.17) is 0 Å². The minimum absolute atomic E-state index is 0.427. The number of hydrogen-bond acceptors (Lipinski definition) is 1. The van der Waals surface area contributed by atoms with E-state index in [1.165, 1.54) is 35.7 Å². The van der Waals surface area contributed by atoms with Gasteiger partial charge in [-0.05, 0) is 44.0 Å². The fourth-order valence-electron chi connectivity index (χ4n) is 2.05. The van der Waals surface area contributed by atoms with Gasteiger partial charge in [-0.2, -0.15) is 0 Å². The van der Waals surface area contributed by atoms with E-state index >= 15 is 0 Å².